The van der Waals surface area contributed by atoms with Crippen LogP contribution in [0.2, 0.25) is 0 Å². The standard InChI is InChI=1S/C21H24N2O2S/c1-2-3-14-25-18-11-6-9-17(15-18)20(24)22-21(26)23-13-7-10-16-8-4-5-12-19(16)23/h4-6,8-9,11-12,15H,2-3,7,10,13-14H2,1H3,(H,22,24,26). The van der Waals surface area contributed by atoms with Crippen molar-refractivity contribution in [1.29, 1.82) is 0 Å². The molecule has 4 nitrogen and oxygen atoms in total. The molecule has 0 aliphatic carbocycles. The van der Waals surface area contributed by atoms with Crippen LogP contribution in [0.3, 0.4) is 0 Å². The molecule has 1 amide bonds. The zero-order chi connectivity index (χ0) is 18.4. The summed E-state index contributed by atoms with van der Waals surface area (Å²) < 4.78 is 5.68. The average molecular weight is 369 g/mol. The Labute approximate surface area is 160 Å². The molecule has 0 bridgehead atoms. The first-order chi connectivity index (χ1) is 12.7. The number of amides is 1. The number of thiocarbonyl (C=S) groups is 1. The van der Waals surface area contributed by atoms with Crippen LogP contribution in [0.25, 0.3) is 0 Å². The molecule has 1 heterocycles. The number of rotatable bonds is 5. The van der Waals surface area contributed by atoms with Gasteiger partial charge in [0.15, 0.2) is 5.11 Å². The lowest BCUT2D eigenvalue weighted by Gasteiger charge is -2.31. The molecule has 0 fully saturated rings. The number of hydrogen-bond donors (Lipinski definition) is 1. The first-order valence-corrected chi connectivity index (χ1v) is 9.53. The Balaban J connectivity index is 1.67. The minimum Gasteiger partial charge on any atom is -0.494 e. The quantitative estimate of drug-likeness (QED) is 0.630. The number of benzene rings is 2. The third-order valence-corrected chi connectivity index (χ3v) is 4.76. The Morgan fingerprint density at radius 3 is 2.92 bits per heavy atom. The van der Waals surface area contributed by atoms with Gasteiger partial charge in [0.05, 0.1) is 6.61 Å². The van der Waals surface area contributed by atoms with Gasteiger partial charge < -0.3 is 9.64 Å². The second-order valence-corrected chi connectivity index (χ2v) is 6.76. The third kappa shape index (κ3) is 4.41. The largest absolute Gasteiger partial charge is 0.494 e. The van der Waals surface area contributed by atoms with E-state index in [-0.39, 0.29) is 5.91 Å². The summed E-state index contributed by atoms with van der Waals surface area (Å²) >= 11 is 5.51. The summed E-state index contributed by atoms with van der Waals surface area (Å²) in [6.45, 7) is 3.59. The Bertz CT molecular complexity index is 791. The lowest BCUT2D eigenvalue weighted by molar-refractivity contribution is 0.0976. The van der Waals surface area contributed by atoms with Crippen LogP contribution in [0.4, 0.5) is 5.69 Å². The lowest BCUT2D eigenvalue weighted by Crippen LogP contribution is -2.45. The molecule has 1 N–H and O–H groups in total. The fraction of sp³-hybridized carbons (Fsp3) is 0.333. The highest BCUT2D eigenvalue weighted by Gasteiger charge is 2.21. The van der Waals surface area contributed by atoms with Crippen LogP contribution < -0.4 is 15.0 Å². The highest BCUT2D eigenvalue weighted by atomic mass is 32.1. The second-order valence-electron chi connectivity index (χ2n) is 6.37. The highest BCUT2D eigenvalue weighted by Crippen LogP contribution is 2.26. The van der Waals surface area contributed by atoms with Gasteiger partial charge in [0.25, 0.3) is 5.91 Å². The summed E-state index contributed by atoms with van der Waals surface area (Å²) in [5.41, 5.74) is 2.90. The van der Waals surface area contributed by atoms with E-state index in [1.54, 1.807) is 12.1 Å². The van der Waals surface area contributed by atoms with E-state index in [0.717, 1.165) is 37.9 Å². The Morgan fingerprint density at radius 1 is 1.23 bits per heavy atom. The van der Waals surface area contributed by atoms with Crippen LogP contribution >= 0.6 is 12.2 Å². The summed E-state index contributed by atoms with van der Waals surface area (Å²) in [5, 5.41) is 3.31. The second kappa shape index (κ2) is 8.81. The molecular formula is C21H24N2O2S. The summed E-state index contributed by atoms with van der Waals surface area (Å²) in [4.78, 5) is 14.6. The van der Waals surface area contributed by atoms with E-state index >= 15 is 0 Å². The number of ether oxygens (including phenoxy) is 1. The number of carbonyl (C=O) groups excluding carboxylic acids is 1. The Kier molecular flexibility index (Phi) is 6.23. The van der Waals surface area contributed by atoms with Gasteiger partial charge in [-0.3, -0.25) is 10.1 Å². The molecule has 2 aromatic rings. The van der Waals surface area contributed by atoms with Gasteiger partial charge in [0.2, 0.25) is 0 Å². The number of fused-ring (bicyclic) bond motifs is 1. The van der Waals surface area contributed by atoms with Crippen LogP contribution in [0.15, 0.2) is 48.5 Å². The van der Waals surface area contributed by atoms with Gasteiger partial charge in [-0.2, -0.15) is 0 Å². The number of nitrogens with zero attached hydrogens (tertiary/aromatic N) is 1. The number of carbonyl (C=O) groups is 1. The molecule has 0 unspecified atom stereocenters. The van der Waals surface area contributed by atoms with Gasteiger partial charge >= 0.3 is 0 Å². The highest BCUT2D eigenvalue weighted by molar-refractivity contribution is 7.80. The number of anilines is 1. The minimum atomic E-state index is -0.209. The Morgan fingerprint density at radius 2 is 2.08 bits per heavy atom. The number of hydrogen-bond acceptors (Lipinski definition) is 3. The smallest absolute Gasteiger partial charge is 0.257 e. The molecule has 0 saturated heterocycles. The first kappa shape index (κ1) is 18.4. The molecular weight excluding hydrogens is 344 g/mol. The molecule has 5 heteroatoms. The first-order valence-electron chi connectivity index (χ1n) is 9.12. The molecule has 0 saturated carbocycles. The predicted molar refractivity (Wildman–Crippen MR) is 109 cm³/mol. The summed E-state index contributed by atoms with van der Waals surface area (Å²) in [6, 6.07) is 15.4. The van der Waals surface area contributed by atoms with E-state index in [2.05, 4.69) is 24.4 Å². The zero-order valence-electron chi connectivity index (χ0n) is 15.0. The van der Waals surface area contributed by atoms with Crippen molar-refractivity contribution < 1.29 is 9.53 Å². The van der Waals surface area contributed by atoms with Crippen LogP contribution in [0.5, 0.6) is 5.75 Å². The fourth-order valence-corrected chi connectivity index (χ4v) is 3.33. The van der Waals surface area contributed by atoms with Crippen LogP contribution in [-0.4, -0.2) is 24.2 Å². The zero-order valence-corrected chi connectivity index (χ0v) is 15.8. The van der Waals surface area contributed by atoms with Crippen molar-refractivity contribution in [2.24, 2.45) is 0 Å². The Hall–Kier alpha value is -2.40. The minimum absolute atomic E-state index is 0.209. The number of unbranched alkanes of at least 4 members (excludes halogenated alkanes) is 1. The molecule has 1 aliphatic rings. The lowest BCUT2D eigenvalue weighted by atomic mass is 10.0. The van der Waals surface area contributed by atoms with E-state index in [1.807, 2.05) is 29.2 Å². The van der Waals surface area contributed by atoms with E-state index < -0.39 is 0 Å². The predicted octanol–water partition coefficient (Wildman–Crippen LogP) is 4.33. The fourth-order valence-electron chi connectivity index (χ4n) is 3.04. The average Bonchev–Trinajstić information content (AvgIpc) is 2.68. The summed E-state index contributed by atoms with van der Waals surface area (Å²) in [6.07, 6.45) is 4.13. The van der Waals surface area contributed by atoms with Crippen molar-refractivity contribution in [1.82, 2.24) is 5.32 Å². The van der Waals surface area contributed by atoms with Crippen molar-refractivity contribution in [2.75, 3.05) is 18.1 Å². The van der Waals surface area contributed by atoms with Crippen molar-refractivity contribution in [3.05, 3.63) is 59.7 Å². The van der Waals surface area contributed by atoms with Crippen molar-refractivity contribution >= 4 is 28.9 Å². The third-order valence-electron chi connectivity index (χ3n) is 4.44. The molecule has 0 spiro atoms. The normalized spacial score (nSPS) is 13.0. The van der Waals surface area contributed by atoms with Crippen LogP contribution in [0.1, 0.15) is 42.1 Å². The molecule has 3 rings (SSSR count). The van der Waals surface area contributed by atoms with Gasteiger partial charge in [-0.05, 0) is 61.3 Å². The van der Waals surface area contributed by atoms with Crippen molar-refractivity contribution in [3.8, 4) is 5.75 Å². The molecule has 0 aromatic heterocycles. The van der Waals surface area contributed by atoms with E-state index in [1.165, 1.54) is 5.56 Å². The molecule has 2 aromatic carbocycles. The summed E-state index contributed by atoms with van der Waals surface area (Å²) in [7, 11) is 0. The van der Waals surface area contributed by atoms with E-state index in [0.29, 0.717) is 23.0 Å². The topological polar surface area (TPSA) is 41.6 Å². The van der Waals surface area contributed by atoms with Gasteiger partial charge in [-0.1, -0.05) is 37.6 Å². The monoisotopic (exact) mass is 368 g/mol. The molecule has 0 atom stereocenters. The maximum absolute atomic E-state index is 12.6. The van der Waals surface area contributed by atoms with E-state index in [4.69, 9.17) is 17.0 Å². The SMILES string of the molecule is CCCCOc1cccc(C(=O)NC(=S)N2CCCc3ccccc32)c1. The number of para-hydroxylation sites is 1. The number of nitrogens with one attached hydrogen (secondary N) is 1. The number of aryl methyl sites for hydroxylation is 1. The van der Waals surface area contributed by atoms with Crippen molar-refractivity contribution in [2.45, 2.75) is 32.6 Å². The van der Waals surface area contributed by atoms with Crippen LogP contribution in [-0.2, 0) is 6.42 Å². The molecule has 136 valence electrons. The maximum Gasteiger partial charge on any atom is 0.257 e. The molecule has 1 aliphatic heterocycles. The van der Waals surface area contributed by atoms with Gasteiger partial charge in [0.1, 0.15) is 5.75 Å². The van der Waals surface area contributed by atoms with E-state index in [9.17, 15) is 4.79 Å². The molecule has 0 radical (unpaired) electrons. The van der Waals surface area contributed by atoms with Gasteiger partial charge in [-0.15, -0.1) is 0 Å². The van der Waals surface area contributed by atoms with Gasteiger partial charge in [0, 0.05) is 17.8 Å². The van der Waals surface area contributed by atoms with Gasteiger partial charge in [-0.25, -0.2) is 0 Å². The molecule has 26 heavy (non-hydrogen) atoms. The van der Waals surface area contributed by atoms with Crippen LogP contribution in [0, 0.1) is 0 Å². The van der Waals surface area contributed by atoms with Crippen molar-refractivity contribution in [3.63, 3.8) is 0 Å². The summed E-state index contributed by atoms with van der Waals surface area (Å²) in [5.74, 6) is 0.499. The maximum atomic E-state index is 12.6.